The van der Waals surface area contributed by atoms with Crippen LogP contribution in [0.3, 0.4) is 0 Å². The van der Waals surface area contributed by atoms with Gasteiger partial charge in [-0.1, -0.05) is 12.1 Å². The highest BCUT2D eigenvalue weighted by molar-refractivity contribution is 5.96. The van der Waals surface area contributed by atoms with Crippen LogP contribution < -0.4 is 5.32 Å². The van der Waals surface area contributed by atoms with Crippen LogP contribution in [0, 0.1) is 5.82 Å². The number of fused-ring (bicyclic) bond motifs is 1. The lowest BCUT2D eigenvalue weighted by atomic mass is 10.0. The molecule has 3 aromatic rings. The molecule has 0 aliphatic carbocycles. The summed E-state index contributed by atoms with van der Waals surface area (Å²) in [6, 6.07) is 9.63. The molecule has 0 fully saturated rings. The van der Waals surface area contributed by atoms with Crippen LogP contribution in [-0.4, -0.2) is 22.2 Å². The molecule has 1 amide bonds. The Balaban J connectivity index is 1.66. The highest BCUT2D eigenvalue weighted by Gasteiger charge is 2.31. The zero-order valence-electron chi connectivity index (χ0n) is 14.6. The van der Waals surface area contributed by atoms with E-state index in [1.807, 2.05) is 0 Å². The molecule has 2 aromatic carbocycles. The molecular weight excluding hydrogens is 374 g/mol. The maximum Gasteiger partial charge on any atom is 0.416 e. The zero-order valence-corrected chi connectivity index (χ0v) is 14.6. The van der Waals surface area contributed by atoms with Crippen molar-refractivity contribution in [3.05, 3.63) is 82.4 Å². The van der Waals surface area contributed by atoms with Crippen molar-refractivity contribution in [3.63, 3.8) is 0 Å². The number of benzene rings is 2. The molecule has 1 aliphatic heterocycles. The Bertz CT molecular complexity index is 1060. The van der Waals surface area contributed by atoms with Gasteiger partial charge in [-0.15, -0.1) is 0 Å². The second-order valence-corrected chi connectivity index (χ2v) is 6.62. The average molecular weight is 389 g/mol. The maximum atomic E-state index is 13.6. The number of hydrogen-bond acceptors (Lipinski definition) is 2. The van der Waals surface area contributed by atoms with E-state index in [1.165, 1.54) is 6.20 Å². The molecule has 0 saturated carbocycles. The van der Waals surface area contributed by atoms with Crippen molar-refractivity contribution in [1.29, 1.82) is 0 Å². The van der Waals surface area contributed by atoms with Gasteiger partial charge in [0.05, 0.1) is 28.7 Å². The minimum atomic E-state index is -4.60. The molecule has 1 N–H and O–H groups in total. The fraction of sp³-hybridized carbons (Fsp3) is 0.200. The largest absolute Gasteiger partial charge is 0.416 e. The molecule has 1 aliphatic rings. The third-order valence-electron chi connectivity index (χ3n) is 4.61. The molecule has 0 radical (unpaired) electrons. The van der Waals surface area contributed by atoms with Crippen molar-refractivity contribution >= 4 is 5.91 Å². The minimum Gasteiger partial charge on any atom is -0.352 e. The summed E-state index contributed by atoms with van der Waals surface area (Å²) in [4.78, 5) is 11.9. The molecule has 0 unspecified atom stereocenters. The van der Waals surface area contributed by atoms with Gasteiger partial charge in [-0.3, -0.25) is 4.79 Å². The summed E-state index contributed by atoms with van der Waals surface area (Å²) in [7, 11) is 0. The number of amides is 1. The number of halogens is 4. The number of carbonyl (C=O) groups is 1. The van der Waals surface area contributed by atoms with Gasteiger partial charge in [0.1, 0.15) is 5.82 Å². The van der Waals surface area contributed by atoms with Gasteiger partial charge in [-0.05, 0) is 47.9 Å². The van der Waals surface area contributed by atoms with Crippen molar-refractivity contribution in [2.75, 3.05) is 6.54 Å². The zero-order chi connectivity index (χ0) is 19.9. The Labute approximate surface area is 157 Å². The van der Waals surface area contributed by atoms with Gasteiger partial charge in [0, 0.05) is 13.0 Å². The third-order valence-corrected chi connectivity index (χ3v) is 4.61. The van der Waals surface area contributed by atoms with Crippen molar-refractivity contribution < 1.29 is 22.4 Å². The van der Waals surface area contributed by atoms with E-state index in [0.29, 0.717) is 35.8 Å². The number of alkyl halides is 3. The Morgan fingerprint density at radius 3 is 2.71 bits per heavy atom. The molecule has 0 saturated heterocycles. The first kappa shape index (κ1) is 18.2. The van der Waals surface area contributed by atoms with Crippen LogP contribution in [0.15, 0.2) is 48.7 Å². The lowest BCUT2D eigenvalue weighted by molar-refractivity contribution is -0.137. The first-order valence-electron chi connectivity index (χ1n) is 8.62. The highest BCUT2D eigenvalue weighted by Crippen LogP contribution is 2.31. The Morgan fingerprint density at radius 2 is 1.93 bits per heavy atom. The third kappa shape index (κ3) is 3.49. The highest BCUT2D eigenvalue weighted by atomic mass is 19.4. The van der Waals surface area contributed by atoms with E-state index in [2.05, 4.69) is 10.4 Å². The fourth-order valence-corrected chi connectivity index (χ4v) is 3.37. The van der Waals surface area contributed by atoms with Crippen molar-refractivity contribution in [1.82, 2.24) is 15.1 Å². The van der Waals surface area contributed by atoms with E-state index in [4.69, 9.17) is 0 Å². The van der Waals surface area contributed by atoms with E-state index >= 15 is 0 Å². The van der Waals surface area contributed by atoms with Crippen LogP contribution in [0.25, 0.3) is 5.69 Å². The molecule has 2 heterocycles. The molecule has 0 bridgehead atoms. The number of nitrogens with zero attached hydrogens (tertiary/aromatic N) is 2. The molecule has 0 atom stereocenters. The fourth-order valence-electron chi connectivity index (χ4n) is 3.37. The first-order chi connectivity index (χ1) is 13.3. The number of nitrogens with one attached hydrogen (secondary N) is 1. The summed E-state index contributed by atoms with van der Waals surface area (Å²) in [5, 5.41) is 7.02. The van der Waals surface area contributed by atoms with Gasteiger partial charge < -0.3 is 5.32 Å². The summed E-state index contributed by atoms with van der Waals surface area (Å²) >= 11 is 0. The quantitative estimate of drug-likeness (QED) is 0.691. The van der Waals surface area contributed by atoms with Crippen LogP contribution >= 0.6 is 0 Å². The van der Waals surface area contributed by atoms with Gasteiger partial charge in [-0.25, -0.2) is 9.07 Å². The number of rotatable bonds is 3. The monoisotopic (exact) mass is 389 g/mol. The summed E-state index contributed by atoms with van der Waals surface area (Å²) in [6.45, 7) is 0.515. The van der Waals surface area contributed by atoms with Crippen LogP contribution in [0.4, 0.5) is 17.6 Å². The number of aromatic nitrogens is 2. The predicted octanol–water partition coefficient (Wildman–Crippen LogP) is 3.91. The SMILES string of the molecule is O=C1NCCc2c1cnn2-c1cccc(Cc2cc(F)cc(C(F)(F)F)c2)c1. The molecule has 1 aromatic heterocycles. The summed E-state index contributed by atoms with van der Waals surface area (Å²) in [5.41, 5.74) is 1.92. The van der Waals surface area contributed by atoms with Gasteiger partial charge in [0.25, 0.3) is 5.91 Å². The molecule has 28 heavy (non-hydrogen) atoms. The van der Waals surface area contributed by atoms with Crippen molar-refractivity contribution in [2.24, 2.45) is 0 Å². The number of hydrogen-bond donors (Lipinski definition) is 1. The van der Waals surface area contributed by atoms with Crippen molar-refractivity contribution in [2.45, 2.75) is 19.0 Å². The lowest BCUT2D eigenvalue weighted by Crippen LogP contribution is -2.32. The lowest BCUT2D eigenvalue weighted by Gasteiger charge is -2.15. The Morgan fingerprint density at radius 1 is 1.11 bits per heavy atom. The molecule has 4 rings (SSSR count). The molecule has 8 heteroatoms. The maximum absolute atomic E-state index is 13.6. The van der Waals surface area contributed by atoms with E-state index in [-0.39, 0.29) is 17.9 Å². The van der Waals surface area contributed by atoms with E-state index in [9.17, 15) is 22.4 Å². The summed E-state index contributed by atoms with van der Waals surface area (Å²) < 4.78 is 54.0. The Hall–Kier alpha value is -3.16. The summed E-state index contributed by atoms with van der Waals surface area (Å²) in [6.07, 6.45) is -2.34. The molecule has 0 spiro atoms. The predicted molar refractivity (Wildman–Crippen MR) is 93.8 cm³/mol. The normalized spacial score (nSPS) is 13.9. The van der Waals surface area contributed by atoms with Crippen molar-refractivity contribution in [3.8, 4) is 5.69 Å². The van der Waals surface area contributed by atoms with Gasteiger partial charge in [-0.2, -0.15) is 18.3 Å². The second-order valence-electron chi connectivity index (χ2n) is 6.62. The molecular formula is C20H15F4N3O. The summed E-state index contributed by atoms with van der Waals surface area (Å²) in [5.74, 6) is -1.10. The van der Waals surface area contributed by atoms with Gasteiger partial charge >= 0.3 is 6.18 Å². The molecule has 144 valence electrons. The van der Waals surface area contributed by atoms with Gasteiger partial charge in [0.2, 0.25) is 0 Å². The second kappa shape index (κ2) is 6.78. The topological polar surface area (TPSA) is 46.9 Å². The standard InChI is InChI=1S/C20H15F4N3O/c21-15-8-13(7-14(10-15)20(22,23)24)6-12-2-1-3-16(9-12)27-18-4-5-25-19(28)17(18)11-26-27/h1-3,7-11H,4-6H2,(H,25,28). The van der Waals surface area contributed by atoms with Crippen LogP contribution in [0.1, 0.15) is 32.7 Å². The molecule has 4 nitrogen and oxygen atoms in total. The van der Waals surface area contributed by atoms with E-state index in [1.54, 1.807) is 28.9 Å². The van der Waals surface area contributed by atoms with Crippen LogP contribution in [-0.2, 0) is 19.0 Å². The van der Waals surface area contributed by atoms with E-state index < -0.39 is 17.6 Å². The minimum absolute atomic E-state index is 0.138. The van der Waals surface area contributed by atoms with Crippen LogP contribution in [0.2, 0.25) is 0 Å². The first-order valence-corrected chi connectivity index (χ1v) is 8.62. The average Bonchev–Trinajstić information content (AvgIpc) is 3.06. The Kier molecular flexibility index (Phi) is 4.41. The number of carbonyl (C=O) groups excluding carboxylic acids is 1. The van der Waals surface area contributed by atoms with Crippen LogP contribution in [0.5, 0.6) is 0 Å². The van der Waals surface area contributed by atoms with Gasteiger partial charge in [0.15, 0.2) is 0 Å². The smallest absolute Gasteiger partial charge is 0.352 e. The van der Waals surface area contributed by atoms with E-state index in [0.717, 1.165) is 17.8 Å².